The quantitative estimate of drug-likeness (QED) is 0.811. The lowest BCUT2D eigenvalue weighted by atomic mass is 9.94. The van der Waals surface area contributed by atoms with Crippen molar-refractivity contribution in [1.29, 1.82) is 0 Å². The average Bonchev–Trinajstić information content (AvgIpc) is 2.99. The predicted molar refractivity (Wildman–Crippen MR) is 60.9 cm³/mol. The number of hydrogen-bond donors (Lipinski definition) is 1. The van der Waals surface area contributed by atoms with Crippen LogP contribution >= 0.6 is 0 Å². The van der Waals surface area contributed by atoms with Crippen LogP contribution in [0.3, 0.4) is 0 Å². The van der Waals surface area contributed by atoms with E-state index in [0.717, 1.165) is 12.1 Å². The third-order valence-corrected chi connectivity index (χ3v) is 3.62. The third-order valence-electron chi connectivity index (χ3n) is 3.62. The first-order valence-corrected chi connectivity index (χ1v) is 5.44. The molecule has 2 aromatic rings. The Balaban J connectivity index is 2.17. The standard InChI is InChI=1S/C13H15NO/c1-9-7-15-12-3-2-10(6-11(9)12)13(8-14)4-5-13/h2-3,6-7H,4-5,8,14H2,1H3. The zero-order valence-corrected chi connectivity index (χ0v) is 8.92. The fourth-order valence-electron chi connectivity index (χ4n) is 2.25. The molecular formula is C13H15NO. The van der Waals surface area contributed by atoms with Crippen molar-refractivity contribution in [3.8, 4) is 0 Å². The molecule has 0 bridgehead atoms. The molecule has 1 heterocycles. The highest BCUT2D eigenvalue weighted by Gasteiger charge is 2.42. The zero-order valence-electron chi connectivity index (χ0n) is 8.92. The molecule has 3 rings (SSSR count). The summed E-state index contributed by atoms with van der Waals surface area (Å²) in [4.78, 5) is 0. The maximum atomic E-state index is 5.83. The largest absolute Gasteiger partial charge is 0.464 e. The lowest BCUT2D eigenvalue weighted by Gasteiger charge is -2.12. The highest BCUT2D eigenvalue weighted by molar-refractivity contribution is 5.81. The summed E-state index contributed by atoms with van der Waals surface area (Å²) in [5.41, 5.74) is 9.67. The van der Waals surface area contributed by atoms with Crippen LogP contribution in [-0.4, -0.2) is 6.54 Å². The molecule has 0 atom stereocenters. The Morgan fingerprint density at radius 3 is 2.87 bits per heavy atom. The highest BCUT2D eigenvalue weighted by atomic mass is 16.3. The number of nitrogens with two attached hydrogens (primary N) is 1. The molecule has 0 saturated heterocycles. The highest BCUT2D eigenvalue weighted by Crippen LogP contribution is 2.47. The summed E-state index contributed by atoms with van der Waals surface area (Å²) in [5.74, 6) is 0. The van der Waals surface area contributed by atoms with E-state index >= 15 is 0 Å². The molecule has 2 heteroatoms. The molecule has 1 fully saturated rings. The molecule has 1 aliphatic rings. The minimum Gasteiger partial charge on any atom is -0.464 e. The zero-order chi connectivity index (χ0) is 10.5. The Kier molecular flexibility index (Phi) is 1.71. The normalized spacial score (nSPS) is 18.3. The molecule has 0 spiro atoms. The predicted octanol–water partition coefficient (Wildman–Crippen LogP) is 2.73. The van der Waals surface area contributed by atoms with E-state index in [2.05, 4.69) is 25.1 Å². The van der Waals surface area contributed by atoms with E-state index in [0.29, 0.717) is 0 Å². The maximum absolute atomic E-state index is 5.83. The molecule has 1 aromatic heterocycles. The lowest BCUT2D eigenvalue weighted by molar-refractivity contribution is 0.612. The monoisotopic (exact) mass is 201 g/mol. The molecule has 78 valence electrons. The third kappa shape index (κ3) is 1.21. The first-order chi connectivity index (χ1) is 7.25. The van der Waals surface area contributed by atoms with Gasteiger partial charge in [-0.1, -0.05) is 6.07 Å². The van der Waals surface area contributed by atoms with Crippen LogP contribution in [0.15, 0.2) is 28.9 Å². The van der Waals surface area contributed by atoms with Gasteiger partial charge in [-0.3, -0.25) is 0 Å². The van der Waals surface area contributed by atoms with Crippen molar-refractivity contribution < 1.29 is 4.42 Å². The van der Waals surface area contributed by atoms with Gasteiger partial charge in [-0.2, -0.15) is 0 Å². The Morgan fingerprint density at radius 1 is 1.40 bits per heavy atom. The van der Waals surface area contributed by atoms with Crippen LogP contribution in [0.4, 0.5) is 0 Å². The van der Waals surface area contributed by atoms with Gasteiger partial charge in [0.15, 0.2) is 0 Å². The first kappa shape index (κ1) is 8.98. The Bertz CT molecular complexity index is 508. The molecule has 1 aliphatic carbocycles. The molecule has 1 saturated carbocycles. The van der Waals surface area contributed by atoms with Crippen molar-refractivity contribution in [3.05, 3.63) is 35.6 Å². The molecule has 0 unspecified atom stereocenters. The van der Waals surface area contributed by atoms with Crippen molar-refractivity contribution in [2.75, 3.05) is 6.54 Å². The van der Waals surface area contributed by atoms with E-state index in [-0.39, 0.29) is 5.41 Å². The minimum atomic E-state index is 0.276. The van der Waals surface area contributed by atoms with E-state index in [4.69, 9.17) is 10.2 Å². The Labute approximate surface area is 89.1 Å². The van der Waals surface area contributed by atoms with Crippen molar-refractivity contribution in [2.45, 2.75) is 25.2 Å². The van der Waals surface area contributed by atoms with E-state index in [1.807, 2.05) is 6.26 Å². The summed E-state index contributed by atoms with van der Waals surface area (Å²) >= 11 is 0. The van der Waals surface area contributed by atoms with Gasteiger partial charge in [-0.05, 0) is 43.0 Å². The van der Waals surface area contributed by atoms with Gasteiger partial charge in [0, 0.05) is 17.3 Å². The summed E-state index contributed by atoms with van der Waals surface area (Å²) in [7, 11) is 0. The van der Waals surface area contributed by atoms with E-state index in [1.165, 1.54) is 29.4 Å². The summed E-state index contributed by atoms with van der Waals surface area (Å²) in [6, 6.07) is 6.46. The van der Waals surface area contributed by atoms with Crippen LogP contribution in [-0.2, 0) is 5.41 Å². The Morgan fingerprint density at radius 2 is 2.20 bits per heavy atom. The summed E-state index contributed by atoms with van der Waals surface area (Å²) in [6.45, 7) is 2.84. The fraction of sp³-hybridized carbons (Fsp3) is 0.385. The number of rotatable bonds is 2. The smallest absolute Gasteiger partial charge is 0.134 e. The van der Waals surface area contributed by atoms with Crippen LogP contribution in [0.1, 0.15) is 24.0 Å². The van der Waals surface area contributed by atoms with Gasteiger partial charge in [0.2, 0.25) is 0 Å². The topological polar surface area (TPSA) is 39.2 Å². The van der Waals surface area contributed by atoms with Crippen LogP contribution in [0, 0.1) is 6.92 Å². The van der Waals surface area contributed by atoms with Crippen molar-refractivity contribution in [2.24, 2.45) is 5.73 Å². The van der Waals surface area contributed by atoms with Crippen LogP contribution in [0.5, 0.6) is 0 Å². The van der Waals surface area contributed by atoms with Crippen LogP contribution in [0.25, 0.3) is 11.0 Å². The van der Waals surface area contributed by atoms with E-state index < -0.39 is 0 Å². The van der Waals surface area contributed by atoms with E-state index in [9.17, 15) is 0 Å². The molecule has 1 aromatic carbocycles. The SMILES string of the molecule is Cc1coc2ccc(C3(CN)CC3)cc12. The van der Waals surface area contributed by atoms with Gasteiger partial charge >= 0.3 is 0 Å². The van der Waals surface area contributed by atoms with E-state index in [1.54, 1.807) is 0 Å². The minimum absolute atomic E-state index is 0.276. The average molecular weight is 201 g/mol. The van der Waals surface area contributed by atoms with Crippen molar-refractivity contribution in [1.82, 2.24) is 0 Å². The van der Waals surface area contributed by atoms with Gasteiger partial charge in [-0.15, -0.1) is 0 Å². The second-order valence-electron chi connectivity index (χ2n) is 4.61. The first-order valence-electron chi connectivity index (χ1n) is 5.44. The second-order valence-corrected chi connectivity index (χ2v) is 4.61. The van der Waals surface area contributed by atoms with Gasteiger partial charge in [0.05, 0.1) is 6.26 Å². The summed E-state index contributed by atoms with van der Waals surface area (Å²) in [6.07, 6.45) is 4.27. The molecule has 0 radical (unpaired) electrons. The second kappa shape index (κ2) is 2.86. The van der Waals surface area contributed by atoms with Crippen molar-refractivity contribution in [3.63, 3.8) is 0 Å². The lowest BCUT2D eigenvalue weighted by Crippen LogP contribution is -2.19. The van der Waals surface area contributed by atoms with Gasteiger partial charge in [-0.25, -0.2) is 0 Å². The summed E-state index contributed by atoms with van der Waals surface area (Å²) < 4.78 is 5.44. The molecule has 0 aliphatic heterocycles. The molecular weight excluding hydrogens is 186 g/mol. The van der Waals surface area contributed by atoms with Crippen molar-refractivity contribution >= 4 is 11.0 Å². The number of fused-ring (bicyclic) bond motifs is 1. The number of benzene rings is 1. The van der Waals surface area contributed by atoms with Gasteiger partial charge in [0.1, 0.15) is 5.58 Å². The fourth-order valence-corrected chi connectivity index (χ4v) is 2.25. The maximum Gasteiger partial charge on any atom is 0.134 e. The van der Waals surface area contributed by atoms with Gasteiger partial charge < -0.3 is 10.2 Å². The number of hydrogen-bond acceptors (Lipinski definition) is 2. The Hall–Kier alpha value is -1.28. The molecule has 15 heavy (non-hydrogen) atoms. The number of furan rings is 1. The summed E-state index contributed by atoms with van der Waals surface area (Å²) in [5, 5.41) is 1.23. The molecule has 0 amide bonds. The molecule has 2 N–H and O–H groups in total. The van der Waals surface area contributed by atoms with Gasteiger partial charge in [0.25, 0.3) is 0 Å². The van der Waals surface area contributed by atoms with Crippen LogP contribution < -0.4 is 5.73 Å². The number of aryl methyl sites for hydroxylation is 1. The van der Waals surface area contributed by atoms with Crippen LogP contribution in [0.2, 0.25) is 0 Å². The molecule has 2 nitrogen and oxygen atoms in total.